The Morgan fingerprint density at radius 3 is 2.35 bits per heavy atom. The van der Waals surface area contributed by atoms with E-state index in [-0.39, 0.29) is 0 Å². The molecule has 0 saturated heterocycles. The molecule has 17 heavy (non-hydrogen) atoms. The molecule has 1 aromatic rings. The summed E-state index contributed by atoms with van der Waals surface area (Å²) in [4.78, 5) is 0. The Bertz CT molecular complexity index is 306. The van der Waals surface area contributed by atoms with E-state index >= 15 is 0 Å². The fourth-order valence-corrected chi connectivity index (χ4v) is 4.99. The van der Waals surface area contributed by atoms with Gasteiger partial charge < -0.3 is 0 Å². The molecule has 1 atom stereocenters. The van der Waals surface area contributed by atoms with Gasteiger partial charge >= 0.3 is 0 Å². The second-order valence-corrected chi connectivity index (χ2v) is 8.20. The van der Waals surface area contributed by atoms with E-state index in [0.29, 0.717) is 0 Å². The van der Waals surface area contributed by atoms with Crippen molar-refractivity contribution in [1.82, 2.24) is 0 Å². The van der Waals surface area contributed by atoms with Crippen LogP contribution in [0.4, 0.5) is 0 Å². The van der Waals surface area contributed by atoms with Crippen molar-refractivity contribution in [1.29, 1.82) is 0 Å². The van der Waals surface area contributed by atoms with E-state index in [1.54, 1.807) is 10.8 Å². The van der Waals surface area contributed by atoms with Crippen LogP contribution in [0.1, 0.15) is 51.5 Å². The third kappa shape index (κ3) is 5.07. The zero-order valence-corrected chi connectivity index (χ0v) is 13.0. The van der Waals surface area contributed by atoms with Gasteiger partial charge in [0, 0.05) is 0 Å². The fraction of sp³-hybridized carbons (Fsp3) is 0.625. The summed E-state index contributed by atoms with van der Waals surface area (Å²) in [7, 11) is -0.674. The lowest BCUT2D eigenvalue weighted by molar-refractivity contribution is 0.766. The van der Waals surface area contributed by atoms with Gasteiger partial charge in [0.2, 0.25) is 0 Å². The Hall–Kier alpha value is -0.563. The van der Waals surface area contributed by atoms with Crippen molar-refractivity contribution in [2.45, 2.75) is 65.0 Å². The first-order valence-corrected chi connectivity index (χ1v) is 9.92. The van der Waals surface area contributed by atoms with E-state index in [1.807, 2.05) is 0 Å². The van der Waals surface area contributed by atoms with Crippen LogP contribution in [0.5, 0.6) is 0 Å². The highest BCUT2D eigenvalue weighted by molar-refractivity contribution is 6.72. The molecule has 1 heteroatoms. The topological polar surface area (TPSA) is 0 Å². The molecule has 0 fully saturated rings. The molecule has 0 aliphatic heterocycles. The van der Waals surface area contributed by atoms with Crippen LogP contribution >= 0.6 is 0 Å². The predicted octanol–water partition coefficient (Wildman–Crippen LogP) is 4.28. The molecule has 0 amide bonds. The Morgan fingerprint density at radius 2 is 1.65 bits per heavy atom. The maximum absolute atomic E-state index is 2.53. The van der Waals surface area contributed by atoms with Crippen molar-refractivity contribution in [3.63, 3.8) is 0 Å². The first-order chi connectivity index (χ1) is 8.29. The van der Waals surface area contributed by atoms with Crippen molar-refractivity contribution < 1.29 is 0 Å². The first kappa shape index (κ1) is 14.5. The summed E-state index contributed by atoms with van der Waals surface area (Å²) < 4.78 is 0. The van der Waals surface area contributed by atoms with Crippen LogP contribution in [-0.4, -0.2) is 8.80 Å². The van der Waals surface area contributed by atoms with Crippen LogP contribution < -0.4 is 5.19 Å². The van der Waals surface area contributed by atoms with Crippen LogP contribution in [-0.2, 0) is 6.42 Å². The average molecular weight is 248 g/mol. The first-order valence-electron chi connectivity index (χ1n) is 7.37. The number of hydrogen-bond donors (Lipinski definition) is 0. The molecular formula is C16H28Si. The SMILES string of the molecule is CCCCC[SiH](C)c1ccccc1CCCC. The summed E-state index contributed by atoms with van der Waals surface area (Å²) >= 11 is 0. The largest absolute Gasteiger partial charge is 0.0681 e. The van der Waals surface area contributed by atoms with Crippen molar-refractivity contribution in [2.75, 3.05) is 0 Å². The summed E-state index contributed by atoms with van der Waals surface area (Å²) in [5, 5.41) is 1.73. The second kappa shape index (κ2) is 8.52. The molecule has 0 aliphatic carbocycles. The van der Waals surface area contributed by atoms with E-state index in [4.69, 9.17) is 0 Å². The Labute approximate surface area is 109 Å². The molecule has 1 unspecified atom stereocenters. The molecule has 0 spiro atoms. The third-order valence-corrected chi connectivity index (χ3v) is 6.53. The molecule has 0 bridgehead atoms. The second-order valence-electron chi connectivity index (χ2n) is 5.20. The van der Waals surface area contributed by atoms with E-state index in [9.17, 15) is 0 Å². The van der Waals surface area contributed by atoms with Gasteiger partial charge in [0.1, 0.15) is 0 Å². The monoisotopic (exact) mass is 248 g/mol. The van der Waals surface area contributed by atoms with E-state index in [1.165, 1.54) is 44.6 Å². The summed E-state index contributed by atoms with van der Waals surface area (Å²) in [6.45, 7) is 7.10. The van der Waals surface area contributed by atoms with Crippen LogP contribution in [0, 0.1) is 0 Å². The van der Waals surface area contributed by atoms with Gasteiger partial charge in [-0.3, -0.25) is 0 Å². The lowest BCUT2D eigenvalue weighted by Crippen LogP contribution is -2.29. The summed E-state index contributed by atoms with van der Waals surface area (Å²) in [6, 6.07) is 10.7. The highest BCUT2D eigenvalue weighted by Crippen LogP contribution is 2.09. The van der Waals surface area contributed by atoms with Crippen LogP contribution in [0.2, 0.25) is 12.6 Å². The van der Waals surface area contributed by atoms with Gasteiger partial charge in [-0.05, 0) is 18.4 Å². The summed E-state index contributed by atoms with van der Waals surface area (Å²) in [6.07, 6.45) is 8.13. The number of rotatable bonds is 8. The molecule has 0 radical (unpaired) electrons. The summed E-state index contributed by atoms with van der Waals surface area (Å²) in [5.74, 6) is 0. The van der Waals surface area contributed by atoms with Crippen LogP contribution in [0.15, 0.2) is 24.3 Å². The lowest BCUT2D eigenvalue weighted by atomic mass is 10.1. The Kier molecular flexibility index (Phi) is 7.26. The van der Waals surface area contributed by atoms with Gasteiger partial charge in [-0.2, -0.15) is 0 Å². The number of unbranched alkanes of at least 4 members (excludes halogenated alkanes) is 3. The van der Waals surface area contributed by atoms with Gasteiger partial charge in [-0.25, -0.2) is 0 Å². The van der Waals surface area contributed by atoms with Gasteiger partial charge in [0.05, 0.1) is 8.80 Å². The smallest absolute Gasteiger partial charge is 0.0680 e. The molecule has 96 valence electrons. The zero-order chi connectivity index (χ0) is 12.5. The molecule has 0 heterocycles. The molecule has 0 saturated carbocycles. The Balaban J connectivity index is 2.60. The number of benzene rings is 1. The third-order valence-electron chi connectivity index (χ3n) is 3.63. The lowest BCUT2D eigenvalue weighted by Gasteiger charge is -2.15. The standard InChI is InChI=1S/C16H28Si/c1-4-6-10-14-17(3)16-13-9-8-12-15(16)11-7-5-2/h8-9,12-13,17H,4-7,10-11,14H2,1-3H3. The maximum atomic E-state index is 2.53. The molecule has 0 N–H and O–H groups in total. The average Bonchev–Trinajstić information content (AvgIpc) is 2.37. The van der Waals surface area contributed by atoms with Crippen molar-refractivity contribution >= 4 is 14.0 Å². The van der Waals surface area contributed by atoms with Gasteiger partial charge in [-0.15, -0.1) is 0 Å². The number of hydrogen-bond acceptors (Lipinski definition) is 0. The van der Waals surface area contributed by atoms with Crippen LogP contribution in [0.25, 0.3) is 0 Å². The molecule has 0 aliphatic rings. The van der Waals surface area contributed by atoms with Gasteiger partial charge in [-0.1, -0.05) is 81.6 Å². The molecule has 1 aromatic carbocycles. The van der Waals surface area contributed by atoms with Crippen molar-refractivity contribution in [3.8, 4) is 0 Å². The highest BCUT2D eigenvalue weighted by Gasteiger charge is 2.10. The molecular weight excluding hydrogens is 220 g/mol. The number of aryl methyl sites for hydroxylation is 1. The molecule has 0 nitrogen and oxygen atoms in total. The van der Waals surface area contributed by atoms with E-state index in [0.717, 1.165) is 0 Å². The van der Waals surface area contributed by atoms with Crippen molar-refractivity contribution in [2.24, 2.45) is 0 Å². The minimum atomic E-state index is -0.674. The zero-order valence-electron chi connectivity index (χ0n) is 11.8. The molecule has 0 aromatic heterocycles. The fourth-order valence-electron chi connectivity index (χ4n) is 2.47. The molecule has 1 rings (SSSR count). The maximum Gasteiger partial charge on any atom is 0.0681 e. The van der Waals surface area contributed by atoms with E-state index < -0.39 is 8.80 Å². The Morgan fingerprint density at radius 1 is 0.941 bits per heavy atom. The highest BCUT2D eigenvalue weighted by atomic mass is 28.3. The van der Waals surface area contributed by atoms with E-state index in [2.05, 4.69) is 44.7 Å². The quantitative estimate of drug-likeness (QED) is 0.476. The predicted molar refractivity (Wildman–Crippen MR) is 82.0 cm³/mol. The normalized spacial score (nSPS) is 12.6. The minimum Gasteiger partial charge on any atom is -0.0680 e. The van der Waals surface area contributed by atoms with Gasteiger partial charge in [0.15, 0.2) is 0 Å². The van der Waals surface area contributed by atoms with Gasteiger partial charge in [0.25, 0.3) is 0 Å². The minimum absolute atomic E-state index is 0.674. The van der Waals surface area contributed by atoms with Crippen LogP contribution in [0.3, 0.4) is 0 Å². The van der Waals surface area contributed by atoms with Crippen molar-refractivity contribution in [3.05, 3.63) is 29.8 Å². The summed E-state index contributed by atoms with van der Waals surface area (Å²) in [5.41, 5.74) is 1.64.